The second kappa shape index (κ2) is 8.56. The largest absolute Gasteiger partial charge is 0.492 e. The average Bonchev–Trinajstić information content (AvgIpc) is 2.59. The van der Waals surface area contributed by atoms with E-state index >= 15 is 0 Å². The second-order valence-corrected chi connectivity index (χ2v) is 7.53. The Morgan fingerprint density at radius 2 is 1.88 bits per heavy atom. The summed E-state index contributed by atoms with van der Waals surface area (Å²) < 4.78 is 6.55. The maximum absolute atomic E-state index is 11.9. The Hall–Kier alpha value is -2.05. The zero-order chi connectivity index (χ0) is 19.3. The number of carbonyl (C=O) groups excluding carboxylic acids is 1. The lowest BCUT2D eigenvalue weighted by Gasteiger charge is -2.19. The summed E-state index contributed by atoms with van der Waals surface area (Å²) in [5.41, 5.74) is 0.700. The fraction of sp³-hybridized carbons (Fsp3) is 0.389. The van der Waals surface area contributed by atoms with Crippen molar-refractivity contribution in [3.63, 3.8) is 0 Å². The first kappa shape index (κ1) is 20.3. The summed E-state index contributed by atoms with van der Waals surface area (Å²) in [6.07, 6.45) is 1.23. The van der Waals surface area contributed by atoms with Gasteiger partial charge in [-0.3, -0.25) is 9.59 Å². The highest BCUT2D eigenvalue weighted by molar-refractivity contribution is 6.41. The lowest BCUT2D eigenvalue weighted by molar-refractivity contribution is -0.122. The highest BCUT2D eigenvalue weighted by atomic mass is 35.5. The van der Waals surface area contributed by atoms with Crippen molar-refractivity contribution < 1.29 is 9.53 Å². The van der Waals surface area contributed by atoms with Crippen molar-refractivity contribution in [2.45, 2.75) is 32.7 Å². The standard InChI is InChI=1S/C18H21Cl2N3O3/c1-18(2,3)12-4-6-13(7-5-12)26-9-8-21-15(24)11-23-17(25)16(20)14(19)10-22-23/h4-7,10H,8-9,11H2,1-3H3,(H,21,24). The highest BCUT2D eigenvalue weighted by Gasteiger charge is 2.13. The monoisotopic (exact) mass is 397 g/mol. The van der Waals surface area contributed by atoms with E-state index in [0.717, 1.165) is 10.4 Å². The van der Waals surface area contributed by atoms with Gasteiger partial charge >= 0.3 is 0 Å². The number of hydrogen-bond acceptors (Lipinski definition) is 4. The molecule has 0 radical (unpaired) electrons. The van der Waals surface area contributed by atoms with Crippen LogP contribution >= 0.6 is 23.2 Å². The summed E-state index contributed by atoms with van der Waals surface area (Å²) >= 11 is 11.4. The van der Waals surface area contributed by atoms with Gasteiger partial charge in [0.05, 0.1) is 17.8 Å². The van der Waals surface area contributed by atoms with E-state index in [0.29, 0.717) is 13.2 Å². The van der Waals surface area contributed by atoms with Crippen molar-refractivity contribution in [2.24, 2.45) is 0 Å². The number of ether oxygens (including phenoxy) is 1. The Kier molecular flexibility index (Phi) is 6.67. The van der Waals surface area contributed by atoms with Crippen LogP contribution in [0.15, 0.2) is 35.3 Å². The van der Waals surface area contributed by atoms with Crippen molar-refractivity contribution in [1.29, 1.82) is 0 Å². The van der Waals surface area contributed by atoms with Crippen molar-refractivity contribution in [1.82, 2.24) is 15.1 Å². The molecule has 1 heterocycles. The van der Waals surface area contributed by atoms with E-state index in [9.17, 15) is 9.59 Å². The molecule has 0 aliphatic heterocycles. The number of amides is 1. The maximum atomic E-state index is 11.9. The molecule has 0 aliphatic rings. The number of nitrogens with one attached hydrogen (secondary N) is 1. The summed E-state index contributed by atoms with van der Waals surface area (Å²) in [5, 5.41) is 6.34. The summed E-state index contributed by atoms with van der Waals surface area (Å²) in [7, 11) is 0. The van der Waals surface area contributed by atoms with E-state index < -0.39 is 5.56 Å². The van der Waals surface area contributed by atoms with Crippen LogP contribution in [0.3, 0.4) is 0 Å². The number of halogens is 2. The maximum Gasteiger partial charge on any atom is 0.287 e. The SMILES string of the molecule is CC(C)(C)c1ccc(OCCNC(=O)Cn2ncc(Cl)c(Cl)c2=O)cc1. The minimum absolute atomic E-state index is 0.0548. The predicted octanol–water partition coefficient (Wildman–Crippen LogP) is 3.04. The quantitative estimate of drug-likeness (QED) is 0.760. The number of hydrogen-bond donors (Lipinski definition) is 1. The first-order valence-electron chi connectivity index (χ1n) is 8.09. The smallest absolute Gasteiger partial charge is 0.287 e. The third-order valence-electron chi connectivity index (χ3n) is 3.65. The first-order valence-corrected chi connectivity index (χ1v) is 8.85. The number of aromatic nitrogens is 2. The zero-order valence-electron chi connectivity index (χ0n) is 14.9. The minimum Gasteiger partial charge on any atom is -0.492 e. The van der Waals surface area contributed by atoms with Crippen LogP contribution in [0, 0.1) is 0 Å². The molecule has 2 aromatic rings. The molecular weight excluding hydrogens is 377 g/mol. The van der Waals surface area contributed by atoms with Gasteiger partial charge in [0.1, 0.15) is 23.9 Å². The van der Waals surface area contributed by atoms with E-state index in [1.165, 1.54) is 11.8 Å². The van der Waals surface area contributed by atoms with Crippen LogP contribution < -0.4 is 15.6 Å². The molecule has 6 nitrogen and oxygen atoms in total. The third kappa shape index (κ3) is 5.47. The fourth-order valence-corrected chi connectivity index (χ4v) is 2.43. The molecule has 1 aromatic heterocycles. The molecule has 0 saturated heterocycles. The van der Waals surface area contributed by atoms with Crippen LogP contribution in [0.25, 0.3) is 0 Å². The summed E-state index contributed by atoms with van der Waals surface area (Å²) in [5.74, 6) is 0.360. The van der Waals surface area contributed by atoms with E-state index in [1.54, 1.807) is 0 Å². The normalized spacial score (nSPS) is 11.3. The molecule has 0 unspecified atom stereocenters. The molecular formula is C18H21Cl2N3O3. The summed E-state index contributed by atoms with van der Waals surface area (Å²) in [6.45, 7) is 6.81. The van der Waals surface area contributed by atoms with Gasteiger partial charge in [0, 0.05) is 0 Å². The van der Waals surface area contributed by atoms with Crippen LogP contribution in [-0.2, 0) is 16.8 Å². The minimum atomic E-state index is -0.607. The van der Waals surface area contributed by atoms with E-state index in [-0.39, 0.29) is 27.9 Å². The van der Waals surface area contributed by atoms with Gasteiger partial charge in [0.15, 0.2) is 0 Å². The number of carbonyl (C=O) groups is 1. The van der Waals surface area contributed by atoms with Gasteiger partial charge in [-0.2, -0.15) is 5.10 Å². The van der Waals surface area contributed by atoms with Crippen molar-refractivity contribution in [3.05, 3.63) is 56.4 Å². The Bertz CT molecular complexity index is 827. The topological polar surface area (TPSA) is 73.2 Å². The molecule has 0 atom stereocenters. The van der Waals surface area contributed by atoms with Crippen LogP contribution in [0.5, 0.6) is 5.75 Å². The number of nitrogens with zero attached hydrogens (tertiary/aromatic N) is 2. The van der Waals surface area contributed by atoms with Crippen LogP contribution in [0.4, 0.5) is 0 Å². The first-order chi connectivity index (χ1) is 12.2. The molecule has 8 heteroatoms. The highest BCUT2D eigenvalue weighted by Crippen LogP contribution is 2.24. The van der Waals surface area contributed by atoms with E-state index in [2.05, 4.69) is 31.2 Å². The van der Waals surface area contributed by atoms with Crippen LogP contribution in [0.2, 0.25) is 10.0 Å². The molecule has 1 aromatic carbocycles. The van der Waals surface area contributed by atoms with Gasteiger partial charge in [-0.25, -0.2) is 4.68 Å². The lowest BCUT2D eigenvalue weighted by atomic mass is 9.87. The predicted molar refractivity (Wildman–Crippen MR) is 102 cm³/mol. The fourth-order valence-electron chi connectivity index (χ4n) is 2.16. The molecule has 26 heavy (non-hydrogen) atoms. The molecule has 0 saturated carbocycles. The van der Waals surface area contributed by atoms with E-state index in [4.69, 9.17) is 27.9 Å². The Morgan fingerprint density at radius 1 is 1.23 bits per heavy atom. The average molecular weight is 398 g/mol. The molecule has 1 amide bonds. The van der Waals surface area contributed by atoms with Crippen LogP contribution in [0.1, 0.15) is 26.3 Å². The van der Waals surface area contributed by atoms with E-state index in [1.807, 2.05) is 24.3 Å². The second-order valence-electron chi connectivity index (χ2n) is 6.74. The van der Waals surface area contributed by atoms with Gasteiger partial charge in [-0.1, -0.05) is 56.1 Å². The lowest BCUT2D eigenvalue weighted by Crippen LogP contribution is -2.35. The summed E-state index contributed by atoms with van der Waals surface area (Å²) in [6, 6.07) is 7.86. The van der Waals surface area contributed by atoms with Gasteiger partial charge in [0.2, 0.25) is 5.91 Å². The molecule has 2 rings (SSSR count). The van der Waals surface area contributed by atoms with Crippen LogP contribution in [-0.4, -0.2) is 28.8 Å². The van der Waals surface area contributed by atoms with Crippen molar-refractivity contribution in [3.8, 4) is 5.75 Å². The van der Waals surface area contributed by atoms with Gasteiger partial charge in [0.25, 0.3) is 5.56 Å². The van der Waals surface area contributed by atoms with Crippen molar-refractivity contribution in [2.75, 3.05) is 13.2 Å². The molecule has 0 spiro atoms. The number of benzene rings is 1. The number of rotatable bonds is 6. The van der Waals surface area contributed by atoms with Crippen molar-refractivity contribution >= 4 is 29.1 Å². The van der Waals surface area contributed by atoms with Gasteiger partial charge in [-0.05, 0) is 23.1 Å². The summed E-state index contributed by atoms with van der Waals surface area (Å²) in [4.78, 5) is 23.7. The molecule has 0 aliphatic carbocycles. The Balaban J connectivity index is 1.79. The Morgan fingerprint density at radius 3 is 2.50 bits per heavy atom. The third-order valence-corrected chi connectivity index (χ3v) is 4.40. The zero-order valence-corrected chi connectivity index (χ0v) is 16.4. The molecule has 0 bridgehead atoms. The Labute approximate surface area is 162 Å². The van der Waals surface area contributed by atoms with Gasteiger partial charge in [-0.15, -0.1) is 0 Å². The van der Waals surface area contributed by atoms with Gasteiger partial charge < -0.3 is 10.1 Å². The molecule has 0 fully saturated rings. The molecule has 140 valence electrons. The molecule has 1 N–H and O–H groups in total.